The Balaban J connectivity index is 0.000000213. The summed E-state index contributed by atoms with van der Waals surface area (Å²) in [4.78, 5) is 47.4. The number of aliphatic carboxylic acids is 4. The molecule has 0 aliphatic heterocycles. The maximum absolute atomic E-state index is 12.7. The molecule has 1 atom stereocenters. The summed E-state index contributed by atoms with van der Waals surface area (Å²) in [6.45, 7) is 0. The van der Waals surface area contributed by atoms with Crippen molar-refractivity contribution < 1.29 is 102 Å². The number of alkyl halides is 12. The van der Waals surface area contributed by atoms with Crippen LogP contribution in [0, 0.1) is 0 Å². The van der Waals surface area contributed by atoms with E-state index in [1.54, 1.807) is 91.8 Å². The van der Waals surface area contributed by atoms with Gasteiger partial charge in [-0.1, -0.05) is 97.8 Å². The lowest BCUT2D eigenvalue weighted by atomic mass is 10.2. The van der Waals surface area contributed by atoms with Crippen molar-refractivity contribution in [2.75, 3.05) is 0 Å². The SMILES string of the molecule is Brc1cn[nH]c1.FC(F)(F)c1ccc(-n2cc(Br)cn2)cc1.FC(F)(F)c1ccc(Br)cc1.O.O=C(O)Cc1cccc(S(=O)c2cnn(-c3ccc(C(F)(F)F)cc3)c2)c1.O=C(O)Cc1cccc(SSc2cccc(CC(=O)O)c2)c1.O=C(O)Cc1cccc(Sc2cnn(-c3ccc(C(F)(F)F)cc3)c2)c1. The maximum Gasteiger partial charge on any atom is 0.416 e. The molecule has 37 heteroatoms. The molecule has 0 saturated carbocycles. The summed E-state index contributed by atoms with van der Waals surface area (Å²) in [6, 6.07) is 47.1. The van der Waals surface area contributed by atoms with Gasteiger partial charge in [-0.25, -0.2) is 18.3 Å². The second kappa shape index (κ2) is 41.2. The Morgan fingerprint density at radius 3 is 1.09 bits per heavy atom. The normalized spacial score (nSPS) is 11.4. The molecule has 109 heavy (non-hydrogen) atoms. The Morgan fingerprint density at radius 2 is 0.734 bits per heavy atom. The van der Waals surface area contributed by atoms with Crippen molar-refractivity contribution in [2.24, 2.45) is 0 Å². The summed E-state index contributed by atoms with van der Waals surface area (Å²) in [7, 11) is 1.44. The number of rotatable bonds is 18. The molecule has 0 radical (unpaired) electrons. The van der Waals surface area contributed by atoms with E-state index in [1.165, 1.54) is 108 Å². The largest absolute Gasteiger partial charge is 0.481 e. The Kier molecular flexibility index (Phi) is 33.3. The number of hydrogen-bond donors (Lipinski definition) is 5. The van der Waals surface area contributed by atoms with Crippen LogP contribution in [0.5, 0.6) is 0 Å². The molecule has 12 rings (SSSR count). The lowest BCUT2D eigenvalue weighted by Gasteiger charge is -2.07. The molecule has 0 bridgehead atoms. The van der Waals surface area contributed by atoms with Crippen molar-refractivity contribution >= 4 is 116 Å². The van der Waals surface area contributed by atoms with Gasteiger partial charge in [0.2, 0.25) is 0 Å². The predicted octanol–water partition coefficient (Wildman–Crippen LogP) is 19.6. The Morgan fingerprint density at radius 1 is 0.385 bits per heavy atom. The van der Waals surface area contributed by atoms with Crippen LogP contribution in [-0.2, 0) is 80.4 Å². The zero-order valence-electron chi connectivity index (χ0n) is 55.2. The average Bonchev–Trinajstić information content (AvgIpc) is 1.72. The highest BCUT2D eigenvalue weighted by atomic mass is 79.9. The predicted molar refractivity (Wildman–Crippen MR) is 394 cm³/mol. The van der Waals surface area contributed by atoms with Crippen LogP contribution >= 0.6 is 81.1 Å². The Hall–Kier alpha value is -9.76. The highest BCUT2D eigenvalue weighted by molar-refractivity contribution is 9.11. The average molecular weight is 1790 g/mol. The second-order valence-corrected chi connectivity index (χ2v) is 29.5. The molecule has 0 amide bonds. The molecule has 4 heterocycles. The van der Waals surface area contributed by atoms with Gasteiger partial charge in [0.15, 0.2) is 0 Å². The van der Waals surface area contributed by atoms with Gasteiger partial charge in [-0.05, 0) is 200 Å². The number of carboxylic acids is 4. The summed E-state index contributed by atoms with van der Waals surface area (Å²) in [6.07, 6.45) is -4.73. The van der Waals surface area contributed by atoms with Crippen LogP contribution in [-0.4, -0.2) is 93.5 Å². The van der Waals surface area contributed by atoms with Gasteiger partial charge in [0.25, 0.3) is 0 Å². The molecule has 4 aromatic heterocycles. The molecule has 0 aliphatic rings. The summed E-state index contributed by atoms with van der Waals surface area (Å²) >= 11 is 10.8. The van der Waals surface area contributed by atoms with Crippen molar-refractivity contribution in [2.45, 2.75) is 79.8 Å². The molecule has 0 fully saturated rings. The van der Waals surface area contributed by atoms with E-state index in [0.717, 1.165) is 88.2 Å². The minimum absolute atomic E-state index is 0. The van der Waals surface area contributed by atoms with Crippen LogP contribution in [0.4, 0.5) is 52.7 Å². The van der Waals surface area contributed by atoms with Crippen molar-refractivity contribution in [3.8, 4) is 17.1 Å². The fourth-order valence-electron chi connectivity index (χ4n) is 8.74. The molecular weight excluding hydrogens is 1730 g/mol. The molecule has 0 aliphatic carbocycles. The van der Waals surface area contributed by atoms with E-state index in [0.29, 0.717) is 42.5 Å². The van der Waals surface area contributed by atoms with Crippen LogP contribution in [0.25, 0.3) is 17.1 Å². The van der Waals surface area contributed by atoms with Gasteiger partial charge in [0, 0.05) is 48.8 Å². The smallest absolute Gasteiger partial charge is 0.416 e. The Bertz CT molecular complexity index is 4900. The fraction of sp³-hybridized carbons (Fsp3) is 0.111. The molecule has 1 unspecified atom stereocenters. The van der Waals surface area contributed by atoms with Gasteiger partial charge in [-0.15, -0.1) is 0 Å². The van der Waals surface area contributed by atoms with Crippen LogP contribution in [0.1, 0.15) is 44.5 Å². The van der Waals surface area contributed by atoms with Gasteiger partial charge in [0.05, 0.1) is 119 Å². The molecule has 12 aromatic rings. The number of nitrogens with one attached hydrogen (secondary N) is 1. The number of hydrogen-bond acceptors (Lipinski definition) is 12. The molecule has 18 nitrogen and oxygen atoms in total. The topological polar surface area (TPSA) is 280 Å². The van der Waals surface area contributed by atoms with Crippen LogP contribution in [0.2, 0.25) is 0 Å². The summed E-state index contributed by atoms with van der Waals surface area (Å²) in [5.41, 5.74) is 1.46. The van der Waals surface area contributed by atoms with E-state index in [1.807, 2.05) is 42.5 Å². The van der Waals surface area contributed by atoms with Crippen LogP contribution in [0.15, 0.2) is 286 Å². The van der Waals surface area contributed by atoms with Crippen molar-refractivity contribution in [1.82, 2.24) is 39.5 Å². The first kappa shape index (κ1) is 88.1. The van der Waals surface area contributed by atoms with Gasteiger partial charge < -0.3 is 25.9 Å². The van der Waals surface area contributed by atoms with Crippen LogP contribution < -0.4 is 0 Å². The quantitative estimate of drug-likeness (QED) is 0.0394. The summed E-state index contributed by atoms with van der Waals surface area (Å²) < 4.78 is 168. The molecular formula is C72H55Br3F12N8O10S4. The number of nitrogens with zero attached hydrogens (tertiary/aromatic N) is 7. The number of benzene rings is 8. The van der Waals surface area contributed by atoms with Crippen molar-refractivity contribution in [1.29, 1.82) is 0 Å². The number of carbonyl (C=O) groups is 4. The first-order chi connectivity index (χ1) is 50.9. The highest BCUT2D eigenvalue weighted by Crippen LogP contribution is 2.39. The van der Waals surface area contributed by atoms with E-state index in [4.69, 9.17) is 20.4 Å². The molecule has 0 saturated heterocycles. The van der Waals surface area contributed by atoms with Gasteiger partial charge in [0.1, 0.15) is 0 Å². The highest BCUT2D eigenvalue weighted by Gasteiger charge is 2.33. The second-order valence-electron chi connectivity index (χ2n) is 21.8. The first-order valence-corrected chi connectivity index (χ1v) is 36.9. The van der Waals surface area contributed by atoms with Crippen molar-refractivity contribution in [3.63, 3.8) is 0 Å². The fourth-order valence-corrected chi connectivity index (χ4v) is 13.5. The standard InChI is InChI=1S/C18H13F3N2O3S.C18H13F3N2O2S.C16H14O4S2.C10H6BrF3N2.C7H4BrF3.C3H3BrN2.H2O/c19-18(20,21)13-4-6-14(7-5-13)23-11-16(10-22-23)27(26)15-3-1-2-12(8-15)9-17(24)25;19-18(20,21)13-4-6-14(7-5-13)23-11-16(10-22-23)26-15-3-1-2-12(8-15)9-17(24)25;17-15(18)9-11-3-1-5-13(7-11)21-22-14-6-2-4-12(8-14)10-16(19)20;11-8-5-15-16(6-8)9-3-1-7(2-4-9)10(12,13)14;8-6-3-1-5(2-4-6)7(9,10)11;4-3-1-5-6-2-3;/h1-8,10-11H,9H2,(H,24,25);1-8,10-11H,9H2,(H,24,25);1-8H,9-10H2,(H,17,18)(H,19,20);1-6H;1-4H;1-2H,(H,5,6);1H2. The third-order valence-corrected chi connectivity index (χ3v) is 19.6. The first-order valence-electron chi connectivity index (χ1n) is 30.4. The van der Waals surface area contributed by atoms with Gasteiger partial charge >= 0.3 is 48.6 Å². The number of halogens is 15. The van der Waals surface area contributed by atoms with E-state index < -0.39 is 81.6 Å². The van der Waals surface area contributed by atoms with E-state index in [-0.39, 0.29) is 31.2 Å². The lowest BCUT2D eigenvalue weighted by Crippen LogP contribution is -2.05. The number of aromatic nitrogens is 8. The van der Waals surface area contributed by atoms with E-state index in [9.17, 15) is 76.1 Å². The lowest BCUT2D eigenvalue weighted by molar-refractivity contribution is -0.138. The minimum atomic E-state index is -4.42. The molecule has 7 N–H and O–H groups in total. The molecule has 0 spiro atoms. The number of aromatic amines is 1. The van der Waals surface area contributed by atoms with Gasteiger partial charge in [-0.2, -0.15) is 73.1 Å². The third-order valence-electron chi connectivity index (χ3n) is 13.6. The van der Waals surface area contributed by atoms with E-state index in [2.05, 4.69) is 73.3 Å². The molecule has 572 valence electrons. The molecule has 8 aromatic carbocycles. The Labute approximate surface area is 651 Å². The van der Waals surface area contributed by atoms with E-state index >= 15 is 0 Å². The summed E-state index contributed by atoms with van der Waals surface area (Å²) in [5.74, 6) is -3.59. The van der Waals surface area contributed by atoms with Gasteiger partial charge in [-0.3, -0.25) is 24.3 Å². The number of carboxylic acid groups (broad SMARTS) is 4. The zero-order valence-corrected chi connectivity index (χ0v) is 63.2. The monoisotopic (exact) mass is 1780 g/mol. The minimum Gasteiger partial charge on any atom is -0.481 e. The maximum atomic E-state index is 12.7. The van der Waals surface area contributed by atoms with Crippen molar-refractivity contribution in [3.05, 3.63) is 302 Å². The summed E-state index contributed by atoms with van der Waals surface area (Å²) in [5, 5.41) is 53.8. The zero-order chi connectivity index (χ0) is 78.9. The third kappa shape index (κ3) is 30.3. The number of H-pyrrole nitrogens is 1. The van der Waals surface area contributed by atoms with Crippen LogP contribution in [0.3, 0.4) is 0 Å².